The lowest BCUT2D eigenvalue weighted by Gasteiger charge is -2.39. The third-order valence-electron chi connectivity index (χ3n) is 3.31. The molecule has 0 fully saturated rings. The largest absolute Gasteiger partial charge is 0.465 e. The summed E-state index contributed by atoms with van der Waals surface area (Å²) in [5, 5.41) is 11.2. The molecule has 0 aromatic carbocycles. The average molecular weight is 259 g/mol. The van der Waals surface area contributed by atoms with Gasteiger partial charge in [0.05, 0.1) is 12.1 Å². The van der Waals surface area contributed by atoms with Gasteiger partial charge in [-0.2, -0.15) is 0 Å². The fourth-order valence-corrected chi connectivity index (χ4v) is 2.48. The number of carbonyl (C=O) groups is 1. The summed E-state index contributed by atoms with van der Waals surface area (Å²) in [6.07, 6.45) is 0.344. The molecule has 4 nitrogen and oxygen atoms in total. The van der Waals surface area contributed by atoms with Crippen molar-refractivity contribution in [1.82, 2.24) is 5.32 Å². The third-order valence-corrected chi connectivity index (χ3v) is 7.79. The van der Waals surface area contributed by atoms with E-state index >= 15 is 0 Å². The fourth-order valence-electron chi connectivity index (χ4n) is 1.15. The second kappa shape index (κ2) is 5.69. The van der Waals surface area contributed by atoms with Crippen molar-refractivity contribution >= 4 is 14.4 Å². The normalized spacial score (nSPS) is 16.1. The van der Waals surface area contributed by atoms with Gasteiger partial charge >= 0.3 is 6.09 Å². The minimum absolute atomic E-state index is 0.0944. The molecule has 0 saturated carbocycles. The van der Waals surface area contributed by atoms with E-state index in [4.69, 9.17) is 9.53 Å². The molecule has 2 N–H and O–H groups in total. The third kappa shape index (κ3) is 4.91. The van der Waals surface area contributed by atoms with Gasteiger partial charge in [0, 0.05) is 0 Å². The van der Waals surface area contributed by atoms with Gasteiger partial charge in [-0.25, -0.2) is 4.79 Å². The van der Waals surface area contributed by atoms with E-state index in [9.17, 15) is 4.79 Å². The molecule has 5 heteroatoms. The molecule has 0 bridgehead atoms. The first-order chi connectivity index (χ1) is 7.51. The Morgan fingerprint density at radius 1 is 1.47 bits per heavy atom. The molecule has 0 aromatic rings. The molecule has 0 radical (unpaired) electrons. The smallest absolute Gasteiger partial charge is 0.404 e. The lowest BCUT2D eigenvalue weighted by atomic mass is 10.2. The Bertz CT molecular complexity index is 284. The van der Waals surface area contributed by atoms with E-state index in [0.717, 1.165) is 0 Å². The molecule has 0 aromatic heterocycles. The van der Waals surface area contributed by atoms with Crippen molar-refractivity contribution in [2.45, 2.75) is 58.0 Å². The molecule has 100 valence electrons. The Labute approximate surface area is 105 Å². The minimum atomic E-state index is -1.91. The Balaban J connectivity index is 4.71. The van der Waals surface area contributed by atoms with Crippen LogP contribution in [0.3, 0.4) is 0 Å². The molecule has 0 spiro atoms. The van der Waals surface area contributed by atoms with E-state index in [1.165, 1.54) is 0 Å². The van der Waals surface area contributed by atoms with Gasteiger partial charge in [-0.15, -0.1) is 6.58 Å². The van der Waals surface area contributed by atoms with Gasteiger partial charge in [-0.05, 0) is 25.1 Å². The summed E-state index contributed by atoms with van der Waals surface area (Å²) in [5.41, 5.74) is 0. The van der Waals surface area contributed by atoms with E-state index in [-0.39, 0.29) is 17.2 Å². The molecular weight excluding hydrogens is 234 g/mol. The predicted molar refractivity (Wildman–Crippen MR) is 72.9 cm³/mol. The lowest BCUT2D eigenvalue weighted by molar-refractivity contribution is 0.160. The van der Waals surface area contributed by atoms with Crippen LogP contribution in [-0.2, 0) is 4.43 Å². The number of carboxylic acid groups (broad SMARTS) is 1. The molecule has 0 heterocycles. The first-order valence-electron chi connectivity index (χ1n) is 5.81. The number of hydrogen-bond donors (Lipinski definition) is 2. The van der Waals surface area contributed by atoms with Gasteiger partial charge < -0.3 is 14.8 Å². The highest BCUT2D eigenvalue weighted by atomic mass is 28.4. The molecule has 0 rings (SSSR count). The topological polar surface area (TPSA) is 58.6 Å². The van der Waals surface area contributed by atoms with E-state index < -0.39 is 14.4 Å². The zero-order valence-electron chi connectivity index (χ0n) is 11.7. The summed E-state index contributed by atoms with van der Waals surface area (Å²) in [6.45, 7) is 16.2. The van der Waals surface area contributed by atoms with Gasteiger partial charge in [0.15, 0.2) is 8.32 Å². The van der Waals surface area contributed by atoms with Crippen LogP contribution >= 0.6 is 0 Å². The van der Waals surface area contributed by atoms with Crippen molar-refractivity contribution in [2.24, 2.45) is 0 Å². The van der Waals surface area contributed by atoms with E-state index in [1.54, 1.807) is 13.0 Å². The van der Waals surface area contributed by atoms with Crippen LogP contribution < -0.4 is 5.32 Å². The maximum atomic E-state index is 10.6. The highest BCUT2D eigenvalue weighted by molar-refractivity contribution is 6.74. The van der Waals surface area contributed by atoms with Crippen molar-refractivity contribution in [3.05, 3.63) is 12.7 Å². The van der Waals surface area contributed by atoms with Gasteiger partial charge in [0.2, 0.25) is 0 Å². The molecule has 2 atom stereocenters. The van der Waals surface area contributed by atoms with Gasteiger partial charge in [0.25, 0.3) is 0 Å². The van der Waals surface area contributed by atoms with Crippen LogP contribution in [-0.4, -0.2) is 31.7 Å². The Morgan fingerprint density at radius 3 is 2.24 bits per heavy atom. The average Bonchev–Trinajstić information content (AvgIpc) is 2.10. The second-order valence-corrected chi connectivity index (χ2v) is 10.6. The van der Waals surface area contributed by atoms with Crippen LogP contribution in [0, 0.1) is 0 Å². The van der Waals surface area contributed by atoms with Crippen LogP contribution in [0.1, 0.15) is 27.7 Å². The van der Waals surface area contributed by atoms with Crippen molar-refractivity contribution < 1.29 is 14.3 Å². The molecule has 0 aliphatic heterocycles. The van der Waals surface area contributed by atoms with Crippen molar-refractivity contribution in [1.29, 1.82) is 0 Å². The summed E-state index contributed by atoms with van der Waals surface area (Å²) < 4.78 is 6.11. The first kappa shape index (κ1) is 16.2. The highest BCUT2D eigenvalue weighted by Crippen LogP contribution is 2.37. The summed E-state index contributed by atoms with van der Waals surface area (Å²) in [5.74, 6) is 0. The van der Waals surface area contributed by atoms with Crippen molar-refractivity contribution in [3.63, 3.8) is 0 Å². The maximum Gasteiger partial charge on any atom is 0.404 e. The van der Waals surface area contributed by atoms with Crippen LogP contribution in [0.15, 0.2) is 12.7 Å². The zero-order valence-corrected chi connectivity index (χ0v) is 12.7. The summed E-state index contributed by atoms with van der Waals surface area (Å²) in [6, 6.07) is -0.292. The number of amides is 1. The monoisotopic (exact) mass is 259 g/mol. The second-order valence-electron chi connectivity index (χ2n) is 5.82. The number of hydrogen-bond acceptors (Lipinski definition) is 2. The summed E-state index contributed by atoms with van der Waals surface area (Å²) in [7, 11) is -1.91. The number of nitrogens with one attached hydrogen (secondary N) is 1. The zero-order chi connectivity index (χ0) is 13.9. The first-order valence-corrected chi connectivity index (χ1v) is 8.72. The van der Waals surface area contributed by atoms with Crippen LogP contribution in [0.5, 0.6) is 0 Å². The van der Waals surface area contributed by atoms with E-state index in [2.05, 4.69) is 45.8 Å². The standard InChI is InChI=1S/C12H25NO3Si/c1-8-10(9(2)13-11(14)15)16-17(6,7)12(3,4)5/h8-10,13H,1H2,2-7H3,(H,14,15)/t9-,10-/m0/s1. The quantitative estimate of drug-likeness (QED) is 0.589. The number of rotatable bonds is 5. The van der Waals surface area contributed by atoms with Gasteiger partial charge in [0.1, 0.15) is 0 Å². The molecule has 0 aliphatic rings. The van der Waals surface area contributed by atoms with E-state index in [0.29, 0.717) is 0 Å². The maximum absolute atomic E-state index is 10.6. The fraction of sp³-hybridized carbons (Fsp3) is 0.750. The van der Waals surface area contributed by atoms with Crippen molar-refractivity contribution in [3.8, 4) is 0 Å². The Hall–Kier alpha value is -0.813. The predicted octanol–water partition coefficient (Wildman–Crippen LogP) is 3.22. The molecule has 0 aliphatic carbocycles. The van der Waals surface area contributed by atoms with Crippen molar-refractivity contribution in [2.75, 3.05) is 0 Å². The van der Waals surface area contributed by atoms with Crippen LogP contribution in [0.25, 0.3) is 0 Å². The van der Waals surface area contributed by atoms with Crippen LogP contribution in [0.4, 0.5) is 4.79 Å². The SMILES string of the molecule is C=C[C@H](O[Si](C)(C)C(C)(C)C)[C@H](C)NC(=O)O. The summed E-state index contributed by atoms with van der Waals surface area (Å²) >= 11 is 0. The molecule has 1 amide bonds. The van der Waals surface area contributed by atoms with Gasteiger partial charge in [-0.1, -0.05) is 26.8 Å². The van der Waals surface area contributed by atoms with E-state index in [1.807, 2.05) is 0 Å². The Kier molecular flexibility index (Phi) is 5.41. The molecule has 0 saturated heterocycles. The molecular formula is C12H25NO3Si. The highest BCUT2D eigenvalue weighted by Gasteiger charge is 2.39. The minimum Gasteiger partial charge on any atom is -0.465 e. The molecule has 17 heavy (non-hydrogen) atoms. The van der Waals surface area contributed by atoms with Crippen LogP contribution in [0.2, 0.25) is 18.1 Å². The molecule has 0 unspecified atom stereocenters. The van der Waals surface area contributed by atoms with Gasteiger partial charge in [-0.3, -0.25) is 0 Å². The Morgan fingerprint density at radius 2 is 1.94 bits per heavy atom. The lowest BCUT2D eigenvalue weighted by Crippen LogP contribution is -2.49. The summed E-state index contributed by atoms with van der Waals surface area (Å²) in [4.78, 5) is 10.6.